The van der Waals surface area contributed by atoms with Crippen LogP contribution in [0.2, 0.25) is 5.02 Å². The van der Waals surface area contributed by atoms with Crippen molar-refractivity contribution in [2.24, 2.45) is 0 Å². The van der Waals surface area contributed by atoms with Crippen LogP contribution < -0.4 is 4.90 Å². The van der Waals surface area contributed by atoms with Gasteiger partial charge in [-0.2, -0.15) is 0 Å². The first-order chi connectivity index (χ1) is 12.1. The molecule has 4 rings (SSSR count). The number of halogens is 1. The van der Waals surface area contributed by atoms with Gasteiger partial charge < -0.3 is 9.47 Å². The van der Waals surface area contributed by atoms with Crippen LogP contribution in [0.5, 0.6) is 0 Å². The number of hydrogen-bond donors (Lipinski definition) is 0. The third kappa shape index (κ3) is 2.83. The van der Waals surface area contributed by atoms with Gasteiger partial charge in [-0.25, -0.2) is 9.97 Å². The molecule has 25 heavy (non-hydrogen) atoms. The number of anilines is 1. The summed E-state index contributed by atoms with van der Waals surface area (Å²) in [6.07, 6.45) is 7.35. The fraction of sp³-hybridized carbons (Fsp3) is 0.105. The van der Waals surface area contributed by atoms with Gasteiger partial charge in [0, 0.05) is 54.3 Å². The molecule has 3 heterocycles. The van der Waals surface area contributed by atoms with Crippen molar-refractivity contribution in [2.75, 3.05) is 19.0 Å². The van der Waals surface area contributed by atoms with Crippen molar-refractivity contribution in [1.29, 1.82) is 0 Å². The van der Waals surface area contributed by atoms with Crippen LogP contribution in [0.3, 0.4) is 0 Å². The third-order valence-electron chi connectivity index (χ3n) is 4.03. The number of pyridine rings is 1. The van der Waals surface area contributed by atoms with Crippen LogP contribution in [0.4, 0.5) is 5.95 Å². The van der Waals surface area contributed by atoms with Crippen LogP contribution in [-0.2, 0) is 0 Å². The van der Waals surface area contributed by atoms with Gasteiger partial charge in [-0.3, -0.25) is 4.98 Å². The van der Waals surface area contributed by atoms with Gasteiger partial charge in [0.1, 0.15) is 0 Å². The first kappa shape index (κ1) is 15.6. The van der Waals surface area contributed by atoms with E-state index in [1.165, 1.54) is 0 Å². The fourth-order valence-corrected chi connectivity index (χ4v) is 2.94. The number of hydrogen-bond acceptors (Lipinski definition) is 4. The Kier molecular flexibility index (Phi) is 3.86. The molecule has 3 aromatic heterocycles. The van der Waals surface area contributed by atoms with E-state index in [0.29, 0.717) is 11.0 Å². The van der Waals surface area contributed by atoms with Crippen molar-refractivity contribution in [3.8, 4) is 16.9 Å². The van der Waals surface area contributed by atoms with E-state index in [0.717, 1.165) is 27.8 Å². The second kappa shape index (κ2) is 6.18. The predicted octanol–water partition coefficient (Wildman–Crippen LogP) is 4.20. The van der Waals surface area contributed by atoms with Crippen LogP contribution in [0.15, 0.2) is 61.2 Å². The molecule has 0 fully saturated rings. The monoisotopic (exact) mass is 349 g/mol. The average molecular weight is 350 g/mol. The molecule has 0 aliphatic heterocycles. The van der Waals surface area contributed by atoms with Crippen LogP contribution >= 0.6 is 11.6 Å². The molecule has 6 heteroatoms. The molecule has 0 bridgehead atoms. The van der Waals surface area contributed by atoms with Crippen molar-refractivity contribution in [1.82, 2.24) is 19.5 Å². The quantitative estimate of drug-likeness (QED) is 0.556. The minimum atomic E-state index is 0.680. The number of fused-ring (bicyclic) bond motifs is 1. The summed E-state index contributed by atoms with van der Waals surface area (Å²) in [7, 11) is 3.84. The Morgan fingerprint density at radius 1 is 0.960 bits per heavy atom. The number of nitrogens with zero attached hydrogens (tertiary/aromatic N) is 5. The van der Waals surface area contributed by atoms with E-state index in [1.54, 1.807) is 6.20 Å². The highest BCUT2D eigenvalue weighted by atomic mass is 35.5. The Hall–Kier alpha value is -2.92. The zero-order valence-corrected chi connectivity index (χ0v) is 14.6. The van der Waals surface area contributed by atoms with Gasteiger partial charge in [-0.05, 0) is 36.4 Å². The van der Waals surface area contributed by atoms with Gasteiger partial charge >= 0.3 is 0 Å². The standard InChI is InChI=1S/C19H16ClN5/c1-24(2)19-22-10-14(11-23-19)17-9-13-7-8-21-12-18(13)25(17)16-5-3-15(20)4-6-16/h3-12H,1-2H3. The second-order valence-electron chi connectivity index (χ2n) is 5.94. The molecular weight excluding hydrogens is 334 g/mol. The fourth-order valence-electron chi connectivity index (χ4n) is 2.81. The van der Waals surface area contributed by atoms with Crippen LogP contribution in [0, 0.1) is 0 Å². The molecule has 0 saturated heterocycles. The summed E-state index contributed by atoms with van der Waals surface area (Å²) in [5.74, 6) is 0.680. The highest BCUT2D eigenvalue weighted by Crippen LogP contribution is 2.31. The molecule has 1 aromatic carbocycles. The second-order valence-corrected chi connectivity index (χ2v) is 6.38. The lowest BCUT2D eigenvalue weighted by molar-refractivity contribution is 0.996. The molecule has 0 spiro atoms. The molecule has 0 unspecified atom stereocenters. The van der Waals surface area contributed by atoms with Gasteiger partial charge in [0.15, 0.2) is 0 Å². The first-order valence-corrected chi connectivity index (χ1v) is 8.22. The summed E-state index contributed by atoms with van der Waals surface area (Å²) < 4.78 is 2.15. The molecule has 5 nitrogen and oxygen atoms in total. The molecule has 0 atom stereocenters. The molecule has 0 saturated carbocycles. The Balaban J connectivity index is 1.94. The molecule has 4 aromatic rings. The lowest BCUT2D eigenvalue weighted by atomic mass is 10.2. The van der Waals surface area contributed by atoms with Crippen LogP contribution in [-0.4, -0.2) is 33.6 Å². The summed E-state index contributed by atoms with van der Waals surface area (Å²) >= 11 is 6.05. The van der Waals surface area contributed by atoms with Gasteiger partial charge in [-0.1, -0.05) is 11.6 Å². The maximum absolute atomic E-state index is 6.05. The van der Waals surface area contributed by atoms with E-state index in [2.05, 4.69) is 25.6 Å². The molecule has 0 N–H and O–H groups in total. The maximum Gasteiger partial charge on any atom is 0.224 e. The van der Waals surface area contributed by atoms with E-state index in [4.69, 9.17) is 11.6 Å². The highest BCUT2D eigenvalue weighted by Gasteiger charge is 2.13. The van der Waals surface area contributed by atoms with E-state index in [1.807, 2.05) is 67.9 Å². The summed E-state index contributed by atoms with van der Waals surface area (Å²) in [6.45, 7) is 0. The number of aromatic nitrogens is 4. The normalized spacial score (nSPS) is 11.0. The lowest BCUT2D eigenvalue weighted by Gasteiger charge is -2.12. The van der Waals surface area contributed by atoms with E-state index in [9.17, 15) is 0 Å². The molecule has 0 aliphatic carbocycles. The van der Waals surface area contributed by atoms with Crippen molar-refractivity contribution in [2.45, 2.75) is 0 Å². The smallest absolute Gasteiger partial charge is 0.224 e. The van der Waals surface area contributed by atoms with Crippen LogP contribution in [0.1, 0.15) is 0 Å². The first-order valence-electron chi connectivity index (χ1n) is 7.84. The van der Waals surface area contributed by atoms with Crippen molar-refractivity contribution < 1.29 is 0 Å². The van der Waals surface area contributed by atoms with Gasteiger partial charge in [-0.15, -0.1) is 0 Å². The zero-order chi connectivity index (χ0) is 17.4. The molecule has 124 valence electrons. The molecule has 0 amide bonds. The minimum Gasteiger partial charge on any atom is -0.347 e. The zero-order valence-electron chi connectivity index (χ0n) is 13.9. The predicted molar refractivity (Wildman–Crippen MR) is 101 cm³/mol. The Morgan fingerprint density at radius 3 is 2.36 bits per heavy atom. The Morgan fingerprint density at radius 2 is 1.68 bits per heavy atom. The third-order valence-corrected chi connectivity index (χ3v) is 4.28. The van der Waals surface area contributed by atoms with E-state index >= 15 is 0 Å². The SMILES string of the molecule is CN(C)c1ncc(-c2cc3ccncc3n2-c2ccc(Cl)cc2)cn1. The summed E-state index contributed by atoms with van der Waals surface area (Å²) in [5.41, 5.74) is 3.99. The molecule has 0 aliphatic rings. The molecule has 0 radical (unpaired) electrons. The van der Waals surface area contributed by atoms with Crippen molar-refractivity contribution >= 4 is 28.5 Å². The topological polar surface area (TPSA) is 46.8 Å². The maximum atomic E-state index is 6.05. The lowest BCUT2D eigenvalue weighted by Crippen LogP contribution is -2.12. The Labute approximate surface area is 150 Å². The van der Waals surface area contributed by atoms with Crippen molar-refractivity contribution in [3.05, 3.63) is 66.2 Å². The molecular formula is C19H16ClN5. The summed E-state index contributed by atoms with van der Waals surface area (Å²) in [5, 5.41) is 1.81. The van der Waals surface area contributed by atoms with Gasteiger partial charge in [0.25, 0.3) is 0 Å². The summed E-state index contributed by atoms with van der Waals surface area (Å²) in [4.78, 5) is 15.0. The summed E-state index contributed by atoms with van der Waals surface area (Å²) in [6, 6.07) is 11.9. The van der Waals surface area contributed by atoms with Gasteiger partial charge in [0.05, 0.1) is 17.4 Å². The van der Waals surface area contributed by atoms with Crippen molar-refractivity contribution in [3.63, 3.8) is 0 Å². The minimum absolute atomic E-state index is 0.680. The average Bonchev–Trinajstić information content (AvgIpc) is 3.02. The van der Waals surface area contributed by atoms with Gasteiger partial charge in [0.2, 0.25) is 5.95 Å². The van der Waals surface area contributed by atoms with E-state index in [-0.39, 0.29) is 0 Å². The largest absolute Gasteiger partial charge is 0.347 e. The van der Waals surface area contributed by atoms with E-state index < -0.39 is 0 Å². The highest BCUT2D eigenvalue weighted by molar-refractivity contribution is 6.30. The Bertz CT molecular complexity index is 1020. The van der Waals surface area contributed by atoms with Crippen LogP contribution in [0.25, 0.3) is 27.8 Å². The number of rotatable bonds is 3. The number of benzene rings is 1.